The number of fused-ring (bicyclic) bond motifs is 3. The van der Waals surface area contributed by atoms with Crippen LogP contribution in [0.15, 0.2) is 84.9 Å². The van der Waals surface area contributed by atoms with Crippen LogP contribution >= 0.6 is 7.75 Å². The molecule has 0 bridgehead atoms. The molecule has 12 heteroatoms. The number of nitrogens with two attached hydrogens (primary N) is 1. The lowest BCUT2D eigenvalue weighted by Gasteiger charge is -2.25. The Morgan fingerprint density at radius 2 is 1.64 bits per heavy atom. The highest BCUT2D eigenvalue weighted by molar-refractivity contribution is 7.52. The lowest BCUT2D eigenvalue weighted by molar-refractivity contribution is -0.146. The molecule has 0 spiro atoms. The summed E-state index contributed by atoms with van der Waals surface area (Å²) < 4.78 is 39.6. The fourth-order valence-electron chi connectivity index (χ4n) is 5.46. The molecule has 0 unspecified atom stereocenters. The summed E-state index contributed by atoms with van der Waals surface area (Å²) in [5.41, 5.74) is 9.51. The van der Waals surface area contributed by atoms with Gasteiger partial charge in [0, 0.05) is 18.0 Å². The molecule has 0 fully saturated rings. The zero-order chi connectivity index (χ0) is 33.2. The number of rotatable bonds is 17. The van der Waals surface area contributed by atoms with E-state index < -0.39 is 19.8 Å². The van der Waals surface area contributed by atoms with Gasteiger partial charge >= 0.3 is 13.7 Å². The Morgan fingerprint density at radius 3 is 2.36 bits per heavy atom. The van der Waals surface area contributed by atoms with E-state index in [2.05, 4.69) is 21.6 Å². The average Bonchev–Trinajstić information content (AvgIpc) is 3.47. The van der Waals surface area contributed by atoms with E-state index in [0.717, 1.165) is 40.6 Å². The van der Waals surface area contributed by atoms with Crippen LogP contribution in [0.2, 0.25) is 0 Å². The van der Waals surface area contributed by atoms with Crippen molar-refractivity contribution >= 4 is 41.5 Å². The van der Waals surface area contributed by atoms with Gasteiger partial charge in [0.25, 0.3) is 0 Å². The normalized spacial score (nSPS) is 14.1. The SMILES string of the molecule is CCC[C@@H](CCO[P@](=O)(N[C@@H](C)C(=O)OCc1ccccc1)Oc1ccccc1)n1c(COCC)nc2c(N)nc3ccccc3c21. The number of hydrogen-bond acceptors (Lipinski definition) is 9. The van der Waals surface area contributed by atoms with E-state index in [0.29, 0.717) is 36.7 Å². The lowest BCUT2D eigenvalue weighted by atomic mass is 10.1. The van der Waals surface area contributed by atoms with Gasteiger partial charge in [0.15, 0.2) is 5.82 Å². The number of imidazole rings is 1. The number of carbonyl (C=O) groups excluding carboxylic acids is 1. The molecule has 0 saturated carbocycles. The number of pyridine rings is 1. The first-order valence-electron chi connectivity index (χ1n) is 15.9. The second-order valence-corrected chi connectivity index (χ2v) is 12.9. The van der Waals surface area contributed by atoms with E-state index >= 15 is 0 Å². The number of para-hydroxylation sites is 2. The number of nitrogens with zero attached hydrogens (tertiary/aromatic N) is 3. The number of carbonyl (C=O) groups is 1. The molecule has 3 atom stereocenters. The molecule has 5 aromatic rings. The first kappa shape index (κ1) is 34.1. The summed E-state index contributed by atoms with van der Waals surface area (Å²) in [6.45, 7) is 6.57. The summed E-state index contributed by atoms with van der Waals surface area (Å²) in [6, 6.07) is 24.8. The van der Waals surface area contributed by atoms with Crippen LogP contribution in [0.1, 0.15) is 57.5 Å². The van der Waals surface area contributed by atoms with Gasteiger partial charge in [0.1, 0.15) is 36.3 Å². The van der Waals surface area contributed by atoms with Gasteiger partial charge in [-0.05, 0) is 50.5 Å². The van der Waals surface area contributed by atoms with Gasteiger partial charge < -0.3 is 24.3 Å². The molecule has 47 heavy (non-hydrogen) atoms. The fraction of sp³-hybridized carbons (Fsp3) is 0.343. The predicted molar refractivity (Wildman–Crippen MR) is 183 cm³/mol. The number of nitrogens with one attached hydrogen (secondary N) is 1. The highest BCUT2D eigenvalue weighted by Gasteiger charge is 2.33. The summed E-state index contributed by atoms with van der Waals surface area (Å²) in [5, 5.41) is 3.72. The molecule has 0 saturated heterocycles. The predicted octanol–water partition coefficient (Wildman–Crippen LogP) is 7.36. The molecular weight excluding hydrogens is 617 g/mol. The third kappa shape index (κ3) is 8.55. The van der Waals surface area contributed by atoms with E-state index in [1.165, 1.54) is 0 Å². The van der Waals surface area contributed by atoms with Crippen molar-refractivity contribution in [2.45, 2.75) is 65.3 Å². The Bertz CT molecular complexity index is 1820. The fourth-order valence-corrected chi connectivity index (χ4v) is 6.96. The zero-order valence-corrected chi connectivity index (χ0v) is 27.9. The molecule has 3 N–H and O–H groups in total. The van der Waals surface area contributed by atoms with Gasteiger partial charge in [-0.1, -0.05) is 80.1 Å². The van der Waals surface area contributed by atoms with Crippen molar-refractivity contribution in [3.63, 3.8) is 0 Å². The van der Waals surface area contributed by atoms with Gasteiger partial charge in [-0.25, -0.2) is 14.5 Å². The first-order chi connectivity index (χ1) is 22.8. The standard InChI is InChI=1S/C35H42N5O6P/c1-4-14-27(40-31(24-43-5-2)38-32-33(40)29-19-12-13-20-30(29)37-34(32)36)21-22-45-47(42,46-28-17-10-7-11-18-28)39-25(3)35(41)44-23-26-15-8-6-9-16-26/h6-13,15-20,25,27H,4-5,14,21-24H2,1-3H3,(H2,36,37)(H,39,42)/t25-,27-,47+/m0/s1. The Labute approximate surface area is 275 Å². The van der Waals surface area contributed by atoms with Crippen molar-refractivity contribution in [1.82, 2.24) is 19.6 Å². The van der Waals surface area contributed by atoms with Crippen molar-refractivity contribution in [1.29, 1.82) is 0 Å². The van der Waals surface area contributed by atoms with E-state index in [1.54, 1.807) is 31.2 Å². The van der Waals surface area contributed by atoms with Gasteiger partial charge in [0.2, 0.25) is 0 Å². The van der Waals surface area contributed by atoms with Crippen molar-refractivity contribution in [2.75, 3.05) is 18.9 Å². The highest BCUT2D eigenvalue weighted by Crippen LogP contribution is 2.45. The van der Waals surface area contributed by atoms with E-state index in [9.17, 15) is 9.36 Å². The summed E-state index contributed by atoms with van der Waals surface area (Å²) in [7, 11) is -4.05. The number of nitrogen functional groups attached to an aromatic ring is 1. The minimum atomic E-state index is -4.05. The molecule has 248 valence electrons. The third-order valence-corrected chi connectivity index (χ3v) is 9.34. The van der Waals surface area contributed by atoms with Crippen LogP contribution in [0, 0.1) is 0 Å². The number of benzene rings is 3. The zero-order valence-electron chi connectivity index (χ0n) is 27.0. The molecular formula is C35H42N5O6P. The Balaban J connectivity index is 1.39. The van der Waals surface area contributed by atoms with Crippen LogP contribution in [0.4, 0.5) is 5.82 Å². The van der Waals surface area contributed by atoms with Gasteiger partial charge in [-0.2, -0.15) is 5.09 Å². The topological polar surface area (TPSA) is 140 Å². The lowest BCUT2D eigenvalue weighted by Crippen LogP contribution is -2.35. The maximum atomic E-state index is 14.2. The molecule has 0 radical (unpaired) electrons. The van der Waals surface area contributed by atoms with Gasteiger partial charge in [-0.3, -0.25) is 9.32 Å². The molecule has 0 aliphatic carbocycles. The monoisotopic (exact) mass is 659 g/mol. The molecule has 0 aliphatic heterocycles. The van der Waals surface area contributed by atoms with E-state index in [4.69, 9.17) is 29.2 Å². The van der Waals surface area contributed by atoms with Crippen molar-refractivity contribution < 1.29 is 27.9 Å². The number of hydrogen-bond donors (Lipinski definition) is 2. The molecule has 0 amide bonds. The quantitative estimate of drug-likeness (QED) is 0.0769. The summed E-state index contributed by atoms with van der Waals surface area (Å²) in [4.78, 5) is 22.4. The number of esters is 1. The molecule has 2 heterocycles. The Morgan fingerprint density at radius 1 is 0.936 bits per heavy atom. The van der Waals surface area contributed by atoms with Crippen LogP contribution in [0.5, 0.6) is 5.75 Å². The van der Waals surface area contributed by atoms with Gasteiger partial charge in [0.05, 0.1) is 17.6 Å². The van der Waals surface area contributed by atoms with Crippen LogP contribution in [-0.4, -0.2) is 39.8 Å². The second-order valence-electron chi connectivity index (χ2n) is 11.2. The maximum Gasteiger partial charge on any atom is 0.459 e. The summed E-state index contributed by atoms with van der Waals surface area (Å²) in [5.74, 6) is 0.829. The van der Waals surface area contributed by atoms with Crippen LogP contribution in [0.3, 0.4) is 0 Å². The third-order valence-electron chi connectivity index (χ3n) is 7.66. The van der Waals surface area contributed by atoms with Crippen LogP contribution < -0.4 is 15.3 Å². The van der Waals surface area contributed by atoms with Crippen LogP contribution in [-0.2, 0) is 36.6 Å². The Hall–Kier alpha value is -4.28. The van der Waals surface area contributed by atoms with Crippen molar-refractivity contribution in [2.24, 2.45) is 0 Å². The van der Waals surface area contributed by atoms with Gasteiger partial charge in [-0.15, -0.1) is 0 Å². The van der Waals surface area contributed by atoms with E-state index in [1.807, 2.05) is 67.6 Å². The summed E-state index contributed by atoms with van der Waals surface area (Å²) >= 11 is 0. The highest BCUT2D eigenvalue weighted by atomic mass is 31.2. The smallest absolute Gasteiger partial charge is 0.459 e. The second kappa shape index (κ2) is 16.0. The molecule has 11 nitrogen and oxygen atoms in total. The number of aromatic nitrogens is 3. The van der Waals surface area contributed by atoms with Crippen LogP contribution in [0.25, 0.3) is 21.9 Å². The number of anilines is 1. The molecule has 0 aliphatic rings. The molecule has 5 rings (SSSR count). The minimum absolute atomic E-state index is 0.0554. The average molecular weight is 660 g/mol. The maximum absolute atomic E-state index is 14.2. The molecule has 3 aromatic carbocycles. The first-order valence-corrected chi connectivity index (χ1v) is 17.5. The number of ether oxygens (including phenoxy) is 2. The minimum Gasteiger partial charge on any atom is -0.460 e. The largest absolute Gasteiger partial charge is 0.460 e. The molecule has 2 aromatic heterocycles. The van der Waals surface area contributed by atoms with Crippen molar-refractivity contribution in [3.8, 4) is 5.75 Å². The van der Waals surface area contributed by atoms with Crippen molar-refractivity contribution in [3.05, 3.63) is 96.3 Å². The summed E-state index contributed by atoms with van der Waals surface area (Å²) in [6.07, 6.45) is 2.12. The Kier molecular flexibility index (Phi) is 11.6. The van der Waals surface area contributed by atoms with E-state index in [-0.39, 0.29) is 19.3 Å².